The second kappa shape index (κ2) is 11.9. The fourth-order valence-corrected chi connectivity index (χ4v) is 4.22. The summed E-state index contributed by atoms with van der Waals surface area (Å²) in [5, 5.41) is 12.7. The minimum absolute atomic E-state index is 0.150. The number of nitrogens with zero attached hydrogens (tertiary/aromatic N) is 2. The molecule has 2 heterocycles. The number of likely N-dealkylation sites (N-methyl/N-ethyl adjacent to an activating group) is 1. The van der Waals surface area contributed by atoms with Gasteiger partial charge in [-0.3, -0.25) is 9.59 Å². The van der Waals surface area contributed by atoms with Crippen molar-refractivity contribution in [3.05, 3.63) is 70.1 Å². The summed E-state index contributed by atoms with van der Waals surface area (Å²) in [7, 11) is 0. The smallest absolute Gasteiger partial charge is 0.252 e. The van der Waals surface area contributed by atoms with E-state index in [1.807, 2.05) is 6.92 Å². The first-order chi connectivity index (χ1) is 17.0. The Balaban J connectivity index is 1.29. The number of halogens is 1. The average molecular weight is 497 g/mol. The zero-order valence-corrected chi connectivity index (χ0v) is 20.4. The molecule has 0 aliphatic heterocycles. The zero-order valence-electron chi connectivity index (χ0n) is 19.6. The third-order valence-corrected chi connectivity index (χ3v) is 6.49. The molecule has 35 heavy (non-hydrogen) atoms. The Morgan fingerprint density at radius 2 is 1.86 bits per heavy atom. The van der Waals surface area contributed by atoms with Gasteiger partial charge in [-0.1, -0.05) is 6.92 Å². The maximum absolute atomic E-state index is 14.3. The molecule has 8 nitrogen and oxygen atoms in total. The van der Waals surface area contributed by atoms with E-state index in [1.54, 1.807) is 24.4 Å². The number of rotatable bonds is 12. The summed E-state index contributed by atoms with van der Waals surface area (Å²) < 4.78 is 14.3. The molecular formula is C25H29FN6O2S. The van der Waals surface area contributed by atoms with Crippen molar-refractivity contribution in [3.8, 4) is 0 Å². The highest BCUT2D eigenvalue weighted by molar-refractivity contribution is 7.15. The van der Waals surface area contributed by atoms with Crippen LogP contribution in [0.5, 0.6) is 0 Å². The van der Waals surface area contributed by atoms with E-state index < -0.39 is 0 Å². The third-order valence-electron chi connectivity index (χ3n) is 5.51. The highest BCUT2D eigenvalue weighted by atomic mass is 32.1. The lowest BCUT2D eigenvalue weighted by atomic mass is 10.0. The van der Waals surface area contributed by atoms with Crippen LogP contribution in [0.2, 0.25) is 0 Å². The van der Waals surface area contributed by atoms with Crippen LogP contribution >= 0.6 is 11.3 Å². The van der Waals surface area contributed by atoms with Gasteiger partial charge in [0.15, 0.2) is 5.13 Å². The number of hydrogen-bond acceptors (Lipinski definition) is 7. The highest BCUT2D eigenvalue weighted by Gasteiger charge is 2.24. The van der Waals surface area contributed by atoms with Gasteiger partial charge in [-0.15, -0.1) is 11.3 Å². The predicted octanol–water partition coefficient (Wildman–Crippen LogP) is 3.44. The number of nitrogens with one attached hydrogen (secondary N) is 4. The van der Waals surface area contributed by atoms with Crippen molar-refractivity contribution < 1.29 is 14.0 Å². The Kier molecular flexibility index (Phi) is 8.38. The van der Waals surface area contributed by atoms with E-state index in [2.05, 4.69) is 31.2 Å². The van der Waals surface area contributed by atoms with Gasteiger partial charge in [-0.05, 0) is 68.1 Å². The Morgan fingerprint density at radius 1 is 1.03 bits per heavy atom. The summed E-state index contributed by atoms with van der Waals surface area (Å²) >= 11 is 1.46. The molecule has 0 atom stereocenters. The van der Waals surface area contributed by atoms with Crippen LogP contribution in [-0.4, -0.2) is 47.5 Å². The summed E-state index contributed by atoms with van der Waals surface area (Å²) in [5.74, 6) is -0.0522. The lowest BCUT2D eigenvalue weighted by Crippen LogP contribution is -2.31. The van der Waals surface area contributed by atoms with Crippen molar-refractivity contribution in [1.82, 2.24) is 25.9 Å². The molecule has 0 spiro atoms. The molecular weight excluding hydrogens is 467 g/mol. The van der Waals surface area contributed by atoms with E-state index >= 15 is 0 Å². The molecule has 2 aromatic heterocycles. The number of benzene rings is 1. The van der Waals surface area contributed by atoms with Crippen LogP contribution in [0.1, 0.15) is 50.9 Å². The molecule has 4 N–H and O–H groups in total. The Bertz CT molecular complexity index is 1160. The molecule has 0 radical (unpaired) electrons. The average Bonchev–Trinajstić information content (AvgIpc) is 3.57. The fourth-order valence-electron chi connectivity index (χ4n) is 3.40. The van der Waals surface area contributed by atoms with Gasteiger partial charge < -0.3 is 21.3 Å². The number of pyridine rings is 1. The molecule has 0 saturated heterocycles. The summed E-state index contributed by atoms with van der Waals surface area (Å²) in [6.07, 6.45) is 6.35. The van der Waals surface area contributed by atoms with Gasteiger partial charge in [-0.2, -0.15) is 0 Å². The summed E-state index contributed by atoms with van der Waals surface area (Å²) in [6, 6.07) is 8.21. The molecule has 1 aromatic carbocycles. The maximum atomic E-state index is 14.3. The molecule has 3 aromatic rings. The molecule has 0 bridgehead atoms. The molecule has 1 saturated carbocycles. The second-order valence-electron chi connectivity index (χ2n) is 8.35. The van der Waals surface area contributed by atoms with Crippen molar-refractivity contribution in [3.63, 3.8) is 0 Å². The van der Waals surface area contributed by atoms with E-state index in [0.717, 1.165) is 30.8 Å². The van der Waals surface area contributed by atoms with Gasteiger partial charge in [0.1, 0.15) is 11.6 Å². The first-order valence-electron chi connectivity index (χ1n) is 11.8. The standard InChI is InChI=1S/C25H29FN6O2S/c1-2-27-11-12-28-23(33)18-5-10-22(29-14-18)32-25-30-15-20(35-25)8-3-16-13-17(4-9-21(16)26)24(34)31-19-6-7-19/h4-5,9-10,13-15,19,27H,2-3,6-8,11-12H2,1H3,(H,28,33)(H,31,34)(H,29,30,32). The van der Waals surface area contributed by atoms with Crippen LogP contribution < -0.4 is 21.3 Å². The van der Waals surface area contributed by atoms with Crippen molar-refractivity contribution in [2.45, 2.75) is 38.6 Å². The largest absolute Gasteiger partial charge is 0.351 e. The summed E-state index contributed by atoms with van der Waals surface area (Å²) in [4.78, 5) is 34.1. The topological polar surface area (TPSA) is 108 Å². The van der Waals surface area contributed by atoms with E-state index in [1.165, 1.54) is 29.7 Å². The van der Waals surface area contributed by atoms with Crippen LogP contribution in [0.4, 0.5) is 15.3 Å². The minimum atomic E-state index is -0.314. The molecule has 1 aliphatic carbocycles. The minimum Gasteiger partial charge on any atom is -0.351 e. The van der Waals surface area contributed by atoms with Crippen LogP contribution in [-0.2, 0) is 12.8 Å². The van der Waals surface area contributed by atoms with Crippen LogP contribution in [0.15, 0.2) is 42.7 Å². The van der Waals surface area contributed by atoms with Gasteiger partial charge >= 0.3 is 0 Å². The normalized spacial score (nSPS) is 12.9. The Morgan fingerprint density at radius 3 is 2.60 bits per heavy atom. The number of hydrogen-bond donors (Lipinski definition) is 4. The molecule has 0 unspecified atom stereocenters. The number of thiazole rings is 1. The van der Waals surface area contributed by atoms with E-state index in [-0.39, 0.29) is 23.7 Å². The van der Waals surface area contributed by atoms with Crippen LogP contribution in [0.3, 0.4) is 0 Å². The molecule has 1 aliphatic rings. The van der Waals surface area contributed by atoms with E-state index in [4.69, 9.17) is 0 Å². The molecule has 4 rings (SSSR count). The van der Waals surface area contributed by atoms with Gasteiger partial charge in [0.05, 0.1) is 5.56 Å². The number of aryl methyl sites for hydroxylation is 2. The van der Waals surface area contributed by atoms with Gasteiger partial charge in [0.2, 0.25) is 0 Å². The van der Waals surface area contributed by atoms with Gasteiger partial charge in [0.25, 0.3) is 11.8 Å². The SMILES string of the molecule is CCNCCNC(=O)c1ccc(Nc2ncc(CCc3cc(C(=O)NC4CC4)ccc3F)s2)nc1. The van der Waals surface area contributed by atoms with Gasteiger partial charge in [-0.25, -0.2) is 14.4 Å². The monoisotopic (exact) mass is 496 g/mol. The third kappa shape index (κ3) is 7.30. The Labute approximate surface area is 207 Å². The van der Waals surface area contributed by atoms with E-state index in [9.17, 15) is 14.0 Å². The first kappa shape index (κ1) is 24.7. The van der Waals surface area contributed by atoms with E-state index in [0.29, 0.717) is 47.0 Å². The van der Waals surface area contributed by atoms with Crippen molar-refractivity contribution in [2.75, 3.05) is 25.0 Å². The first-order valence-corrected chi connectivity index (χ1v) is 12.6. The lowest BCUT2D eigenvalue weighted by Gasteiger charge is -2.07. The number of amides is 2. The van der Waals surface area contributed by atoms with Crippen molar-refractivity contribution >= 4 is 34.1 Å². The fraction of sp³-hybridized carbons (Fsp3) is 0.360. The number of anilines is 2. The lowest BCUT2D eigenvalue weighted by molar-refractivity contribution is 0.0944. The number of carbonyl (C=O) groups excluding carboxylic acids is 2. The highest BCUT2D eigenvalue weighted by Crippen LogP contribution is 2.24. The number of carbonyl (C=O) groups is 2. The van der Waals surface area contributed by atoms with Crippen molar-refractivity contribution in [2.24, 2.45) is 0 Å². The summed E-state index contributed by atoms with van der Waals surface area (Å²) in [6.45, 7) is 4.14. The Hall–Kier alpha value is -3.37. The predicted molar refractivity (Wildman–Crippen MR) is 135 cm³/mol. The molecule has 1 fully saturated rings. The van der Waals surface area contributed by atoms with Crippen LogP contribution in [0, 0.1) is 5.82 Å². The van der Waals surface area contributed by atoms with Crippen LogP contribution in [0.25, 0.3) is 0 Å². The zero-order chi connectivity index (χ0) is 24.6. The van der Waals surface area contributed by atoms with Crippen molar-refractivity contribution in [1.29, 1.82) is 0 Å². The quantitative estimate of drug-likeness (QED) is 0.286. The molecule has 2 amide bonds. The van der Waals surface area contributed by atoms with Gasteiger partial charge in [0, 0.05) is 42.0 Å². The molecule has 184 valence electrons. The second-order valence-corrected chi connectivity index (χ2v) is 9.47. The summed E-state index contributed by atoms with van der Waals surface area (Å²) in [5.41, 5.74) is 1.49. The molecule has 10 heteroatoms. The number of aromatic nitrogens is 2. The maximum Gasteiger partial charge on any atom is 0.252 e.